The predicted molar refractivity (Wildman–Crippen MR) is 127 cm³/mol. The van der Waals surface area contributed by atoms with E-state index in [4.69, 9.17) is 25.8 Å². The molecule has 0 amide bonds. The van der Waals surface area contributed by atoms with E-state index in [0.29, 0.717) is 44.4 Å². The summed E-state index contributed by atoms with van der Waals surface area (Å²) >= 11 is 5.87. The Kier molecular flexibility index (Phi) is 8.12. The molecular weight excluding hydrogens is 458 g/mol. The lowest BCUT2D eigenvalue weighted by Crippen LogP contribution is -2.32. The van der Waals surface area contributed by atoms with Crippen LogP contribution in [-0.2, 0) is 19.1 Å². The number of hydrogen-bond acceptors (Lipinski definition) is 7. The van der Waals surface area contributed by atoms with E-state index in [1.807, 2.05) is 0 Å². The first-order chi connectivity index (χ1) is 16.3. The molecule has 0 saturated carbocycles. The van der Waals surface area contributed by atoms with Crippen molar-refractivity contribution >= 4 is 29.5 Å². The average molecular weight is 484 g/mol. The Balaban J connectivity index is 1.95. The molecule has 3 rings (SSSR count). The molecule has 0 aliphatic carbocycles. The van der Waals surface area contributed by atoms with Crippen molar-refractivity contribution in [3.8, 4) is 5.75 Å². The first kappa shape index (κ1) is 25.1. The number of halogens is 1. The van der Waals surface area contributed by atoms with Crippen molar-refractivity contribution in [2.24, 2.45) is 0 Å². The standard InChI is InChI=1S/C26H26ClNO6/c1-5-32-25(30)21-15(3)28-16(4)22(26(31)33-6-2)23(21)17-9-13-20(14-10-17)34-24(29)18-7-11-19(27)12-8-18/h7-14,23,28H,5-6H2,1-4H3. The Labute approximate surface area is 203 Å². The summed E-state index contributed by atoms with van der Waals surface area (Å²) in [5.74, 6) is -1.97. The van der Waals surface area contributed by atoms with E-state index in [-0.39, 0.29) is 13.2 Å². The van der Waals surface area contributed by atoms with E-state index in [9.17, 15) is 14.4 Å². The molecule has 34 heavy (non-hydrogen) atoms. The van der Waals surface area contributed by atoms with Crippen LogP contribution in [0.2, 0.25) is 5.02 Å². The summed E-state index contributed by atoms with van der Waals surface area (Å²) in [6, 6.07) is 13.0. The highest BCUT2D eigenvalue weighted by Crippen LogP contribution is 2.39. The van der Waals surface area contributed by atoms with Gasteiger partial charge in [-0.3, -0.25) is 0 Å². The number of ether oxygens (including phenoxy) is 3. The van der Waals surface area contributed by atoms with E-state index in [1.165, 1.54) is 0 Å². The third-order valence-electron chi connectivity index (χ3n) is 5.25. The van der Waals surface area contributed by atoms with Crippen LogP contribution in [0, 0.1) is 0 Å². The molecule has 8 heteroatoms. The van der Waals surface area contributed by atoms with Gasteiger partial charge < -0.3 is 19.5 Å². The predicted octanol–water partition coefficient (Wildman–Crippen LogP) is 4.92. The Bertz CT molecular complexity index is 1110. The van der Waals surface area contributed by atoms with Gasteiger partial charge in [0.2, 0.25) is 0 Å². The highest BCUT2D eigenvalue weighted by molar-refractivity contribution is 6.30. The van der Waals surface area contributed by atoms with E-state index >= 15 is 0 Å². The van der Waals surface area contributed by atoms with E-state index in [2.05, 4.69) is 5.32 Å². The molecule has 0 spiro atoms. The maximum absolute atomic E-state index is 12.8. The van der Waals surface area contributed by atoms with Crippen LogP contribution in [0.25, 0.3) is 0 Å². The van der Waals surface area contributed by atoms with Gasteiger partial charge in [-0.05, 0) is 69.7 Å². The van der Waals surface area contributed by atoms with Crippen LogP contribution in [0.4, 0.5) is 0 Å². The first-order valence-electron chi connectivity index (χ1n) is 10.9. The Morgan fingerprint density at radius 3 is 1.76 bits per heavy atom. The number of esters is 3. The van der Waals surface area contributed by atoms with Gasteiger partial charge in [0.25, 0.3) is 0 Å². The van der Waals surface area contributed by atoms with E-state index < -0.39 is 23.8 Å². The van der Waals surface area contributed by atoms with Crippen LogP contribution in [0.1, 0.15) is 49.5 Å². The summed E-state index contributed by atoms with van der Waals surface area (Å²) in [4.78, 5) is 38.1. The molecule has 0 bridgehead atoms. The summed E-state index contributed by atoms with van der Waals surface area (Å²) < 4.78 is 16.0. The van der Waals surface area contributed by atoms with Gasteiger partial charge in [-0.1, -0.05) is 23.7 Å². The number of nitrogens with one attached hydrogen (secondary N) is 1. The van der Waals surface area contributed by atoms with Crippen molar-refractivity contribution < 1.29 is 28.6 Å². The van der Waals surface area contributed by atoms with Gasteiger partial charge in [0, 0.05) is 16.4 Å². The van der Waals surface area contributed by atoms with Gasteiger partial charge in [-0.25, -0.2) is 14.4 Å². The largest absolute Gasteiger partial charge is 0.463 e. The summed E-state index contributed by atoms with van der Waals surface area (Å²) in [5, 5.41) is 3.61. The highest BCUT2D eigenvalue weighted by atomic mass is 35.5. The summed E-state index contributed by atoms with van der Waals surface area (Å²) in [6.45, 7) is 7.34. The Hall–Kier alpha value is -3.58. The number of carbonyl (C=O) groups is 3. The molecule has 7 nitrogen and oxygen atoms in total. The molecule has 0 aromatic heterocycles. The van der Waals surface area contributed by atoms with Gasteiger partial charge in [0.1, 0.15) is 5.75 Å². The normalized spacial score (nSPS) is 13.9. The zero-order chi connectivity index (χ0) is 24.8. The molecule has 0 saturated heterocycles. The first-order valence-corrected chi connectivity index (χ1v) is 11.2. The molecule has 2 aromatic carbocycles. The fraction of sp³-hybridized carbons (Fsp3) is 0.269. The second-order valence-corrected chi connectivity index (χ2v) is 7.98. The lowest BCUT2D eigenvalue weighted by atomic mass is 9.80. The number of dihydropyridines is 1. The van der Waals surface area contributed by atoms with Crippen LogP contribution in [0.5, 0.6) is 5.75 Å². The SMILES string of the molecule is CCOC(=O)C1=C(C)NC(C)=C(C(=O)OCC)C1c1ccc(OC(=O)c2ccc(Cl)cc2)cc1. The van der Waals surface area contributed by atoms with Crippen molar-refractivity contribution in [3.63, 3.8) is 0 Å². The fourth-order valence-electron chi connectivity index (χ4n) is 3.77. The van der Waals surface area contributed by atoms with Gasteiger partial charge in [-0.15, -0.1) is 0 Å². The molecule has 0 atom stereocenters. The summed E-state index contributed by atoms with van der Waals surface area (Å²) in [6.07, 6.45) is 0. The number of benzene rings is 2. The summed E-state index contributed by atoms with van der Waals surface area (Å²) in [7, 11) is 0. The Morgan fingerprint density at radius 2 is 1.29 bits per heavy atom. The van der Waals surface area contributed by atoms with Crippen molar-refractivity contribution in [1.82, 2.24) is 5.32 Å². The number of rotatable bonds is 7. The quantitative estimate of drug-likeness (QED) is 0.441. The van der Waals surface area contributed by atoms with Crippen molar-refractivity contribution in [2.45, 2.75) is 33.6 Å². The second kappa shape index (κ2) is 11.0. The van der Waals surface area contributed by atoms with Gasteiger partial charge >= 0.3 is 17.9 Å². The van der Waals surface area contributed by atoms with Gasteiger partial charge in [0.15, 0.2) is 0 Å². The maximum Gasteiger partial charge on any atom is 0.343 e. The highest BCUT2D eigenvalue weighted by Gasteiger charge is 2.37. The molecule has 0 unspecified atom stereocenters. The topological polar surface area (TPSA) is 90.9 Å². The summed E-state index contributed by atoms with van der Waals surface area (Å²) in [5.41, 5.74) is 2.83. The zero-order valence-corrected chi connectivity index (χ0v) is 20.2. The van der Waals surface area contributed by atoms with Crippen LogP contribution < -0.4 is 10.1 Å². The number of allylic oxidation sites excluding steroid dienone is 2. The molecule has 2 aromatic rings. The second-order valence-electron chi connectivity index (χ2n) is 7.54. The van der Waals surface area contributed by atoms with Crippen LogP contribution in [-0.4, -0.2) is 31.1 Å². The van der Waals surface area contributed by atoms with Crippen molar-refractivity contribution in [3.05, 3.63) is 87.2 Å². The van der Waals surface area contributed by atoms with E-state index in [0.717, 1.165) is 0 Å². The van der Waals surface area contributed by atoms with Crippen molar-refractivity contribution in [2.75, 3.05) is 13.2 Å². The number of carbonyl (C=O) groups excluding carboxylic acids is 3. The Morgan fingerprint density at radius 1 is 0.794 bits per heavy atom. The molecule has 1 heterocycles. The third kappa shape index (κ3) is 5.48. The molecule has 1 N–H and O–H groups in total. The molecule has 0 fully saturated rings. The lowest BCUT2D eigenvalue weighted by Gasteiger charge is -2.30. The van der Waals surface area contributed by atoms with Crippen LogP contribution in [0.3, 0.4) is 0 Å². The van der Waals surface area contributed by atoms with Gasteiger partial charge in [0.05, 0.1) is 35.8 Å². The minimum Gasteiger partial charge on any atom is -0.463 e. The lowest BCUT2D eigenvalue weighted by molar-refractivity contribution is -0.139. The minimum absolute atomic E-state index is 0.194. The van der Waals surface area contributed by atoms with Crippen molar-refractivity contribution in [1.29, 1.82) is 0 Å². The molecule has 1 aliphatic rings. The third-order valence-corrected chi connectivity index (χ3v) is 5.51. The maximum atomic E-state index is 12.8. The smallest absolute Gasteiger partial charge is 0.343 e. The minimum atomic E-state index is -0.708. The van der Waals surface area contributed by atoms with Crippen LogP contribution >= 0.6 is 11.6 Å². The molecule has 0 radical (unpaired) electrons. The average Bonchev–Trinajstić information content (AvgIpc) is 2.79. The monoisotopic (exact) mass is 483 g/mol. The number of hydrogen-bond donors (Lipinski definition) is 1. The van der Waals surface area contributed by atoms with Crippen LogP contribution in [0.15, 0.2) is 71.1 Å². The van der Waals surface area contributed by atoms with E-state index in [1.54, 1.807) is 76.2 Å². The van der Waals surface area contributed by atoms with Gasteiger partial charge in [-0.2, -0.15) is 0 Å². The molecular formula is C26H26ClNO6. The zero-order valence-electron chi connectivity index (χ0n) is 19.4. The molecule has 178 valence electrons. The fourth-order valence-corrected chi connectivity index (χ4v) is 3.89. The molecule has 1 aliphatic heterocycles.